The number of rotatable bonds is 2. The summed E-state index contributed by atoms with van der Waals surface area (Å²) in [6, 6.07) is 0.00852. The molecule has 2 amide bonds. The van der Waals surface area contributed by atoms with E-state index in [0.29, 0.717) is 5.92 Å². The molecular weight excluding hydrogens is 222 g/mol. The maximum Gasteiger partial charge on any atom is 0.323 e. The summed E-state index contributed by atoms with van der Waals surface area (Å²) in [6.45, 7) is 1.76. The summed E-state index contributed by atoms with van der Waals surface area (Å²) >= 11 is 1.54. The van der Waals surface area contributed by atoms with Crippen molar-refractivity contribution in [1.82, 2.24) is 9.88 Å². The first-order chi connectivity index (χ1) is 7.83. The summed E-state index contributed by atoms with van der Waals surface area (Å²) in [4.78, 5) is 18.1. The Morgan fingerprint density at radius 1 is 1.44 bits per heavy atom. The van der Waals surface area contributed by atoms with Crippen molar-refractivity contribution in [2.75, 3.05) is 18.4 Å². The van der Waals surface area contributed by atoms with Crippen molar-refractivity contribution in [2.45, 2.75) is 31.6 Å². The van der Waals surface area contributed by atoms with E-state index in [9.17, 15) is 4.79 Å². The molecule has 0 unspecified atom stereocenters. The predicted octanol–water partition coefficient (Wildman–Crippen LogP) is 2.65. The van der Waals surface area contributed by atoms with E-state index < -0.39 is 0 Å². The Bertz CT molecular complexity index is 394. The van der Waals surface area contributed by atoms with Crippen molar-refractivity contribution in [2.24, 2.45) is 0 Å². The summed E-state index contributed by atoms with van der Waals surface area (Å²) in [6.07, 6.45) is 4.75. The molecule has 4 nitrogen and oxygen atoms in total. The normalized spacial score (nSPS) is 20.1. The zero-order valence-electron chi connectivity index (χ0n) is 9.11. The number of carbonyl (C=O) groups excluding carboxylic acids is 1. The fraction of sp³-hybridized carbons (Fsp3) is 0.636. The molecule has 86 valence electrons. The van der Waals surface area contributed by atoms with Crippen molar-refractivity contribution >= 4 is 22.5 Å². The van der Waals surface area contributed by atoms with Crippen LogP contribution in [0.1, 0.15) is 37.3 Å². The molecule has 1 saturated heterocycles. The minimum absolute atomic E-state index is 0.00852. The maximum atomic E-state index is 11.8. The molecule has 1 aromatic heterocycles. The number of aromatic nitrogens is 1. The second-order valence-corrected chi connectivity index (χ2v) is 5.33. The molecule has 16 heavy (non-hydrogen) atoms. The third-order valence-electron chi connectivity index (χ3n) is 3.12. The summed E-state index contributed by atoms with van der Waals surface area (Å²) in [5, 5.41) is 5.70. The largest absolute Gasteiger partial charge is 0.324 e. The number of nitrogens with zero attached hydrogens (tertiary/aromatic N) is 2. The van der Waals surface area contributed by atoms with Crippen LogP contribution in [0.4, 0.5) is 9.93 Å². The van der Waals surface area contributed by atoms with Crippen molar-refractivity contribution < 1.29 is 4.79 Å². The van der Waals surface area contributed by atoms with Gasteiger partial charge in [-0.1, -0.05) is 0 Å². The molecule has 5 heteroatoms. The lowest BCUT2D eigenvalue weighted by atomic mass is 10.3. The number of likely N-dealkylation sites (tertiary alicyclic amines) is 1. The molecule has 1 aromatic rings. The number of anilines is 1. The zero-order valence-corrected chi connectivity index (χ0v) is 9.92. The third kappa shape index (κ3) is 2.04. The monoisotopic (exact) mass is 237 g/mol. The van der Waals surface area contributed by atoms with E-state index in [0.717, 1.165) is 36.8 Å². The van der Waals surface area contributed by atoms with Crippen LogP contribution in [0.25, 0.3) is 0 Å². The van der Waals surface area contributed by atoms with E-state index in [1.807, 2.05) is 4.90 Å². The molecular formula is C11H15N3OS. The van der Waals surface area contributed by atoms with Crippen molar-refractivity contribution in [3.8, 4) is 0 Å². The van der Waals surface area contributed by atoms with Gasteiger partial charge in [-0.25, -0.2) is 9.78 Å². The molecule has 1 N–H and O–H groups in total. The van der Waals surface area contributed by atoms with Gasteiger partial charge in [-0.05, 0) is 25.7 Å². The van der Waals surface area contributed by atoms with Crippen molar-refractivity contribution in [3.05, 3.63) is 11.1 Å². The predicted molar refractivity (Wildman–Crippen MR) is 63.9 cm³/mol. The standard InChI is InChI=1S/C11H15N3OS/c15-11(14-5-1-2-6-14)13-10-12-9(7-16-10)8-3-4-8/h7-8H,1-6H2,(H,12,13,15). The molecule has 0 radical (unpaired) electrons. The van der Waals surface area contributed by atoms with Gasteiger partial charge < -0.3 is 4.90 Å². The van der Waals surface area contributed by atoms with Crippen LogP contribution in [0.15, 0.2) is 5.38 Å². The summed E-state index contributed by atoms with van der Waals surface area (Å²) in [7, 11) is 0. The molecule has 0 spiro atoms. The van der Waals surface area contributed by atoms with E-state index >= 15 is 0 Å². The molecule has 2 heterocycles. The Morgan fingerprint density at radius 2 is 2.19 bits per heavy atom. The van der Waals surface area contributed by atoms with Crippen LogP contribution in [0, 0.1) is 0 Å². The molecule has 0 bridgehead atoms. The van der Waals surface area contributed by atoms with E-state index in [4.69, 9.17) is 0 Å². The van der Waals surface area contributed by atoms with Crippen LogP contribution in [0.2, 0.25) is 0 Å². The molecule has 2 aliphatic rings. The fourth-order valence-corrected chi connectivity index (χ4v) is 2.78. The van der Waals surface area contributed by atoms with Gasteiger partial charge in [0.05, 0.1) is 5.69 Å². The Kier molecular flexibility index (Phi) is 2.55. The number of hydrogen-bond donors (Lipinski definition) is 1. The first kappa shape index (κ1) is 10.1. The molecule has 1 aliphatic heterocycles. The van der Waals surface area contributed by atoms with Gasteiger partial charge >= 0.3 is 6.03 Å². The summed E-state index contributed by atoms with van der Waals surface area (Å²) in [5.74, 6) is 0.661. The van der Waals surface area contributed by atoms with Crippen LogP contribution >= 0.6 is 11.3 Å². The fourth-order valence-electron chi connectivity index (χ4n) is 2.00. The Balaban J connectivity index is 1.61. The highest BCUT2D eigenvalue weighted by atomic mass is 32.1. The first-order valence-electron chi connectivity index (χ1n) is 5.84. The average Bonchev–Trinajstić information content (AvgIpc) is 2.82. The van der Waals surface area contributed by atoms with Gasteiger partial charge in [0, 0.05) is 24.4 Å². The van der Waals surface area contributed by atoms with Crippen LogP contribution < -0.4 is 5.32 Å². The Morgan fingerprint density at radius 3 is 2.88 bits per heavy atom. The minimum Gasteiger partial charge on any atom is -0.324 e. The third-order valence-corrected chi connectivity index (χ3v) is 3.90. The SMILES string of the molecule is O=C(Nc1nc(C2CC2)cs1)N1CCCC1. The Labute approximate surface area is 98.7 Å². The number of urea groups is 1. The number of nitrogens with one attached hydrogen (secondary N) is 1. The van der Waals surface area contributed by atoms with E-state index in [2.05, 4.69) is 15.7 Å². The van der Waals surface area contributed by atoms with Crippen LogP contribution in [0.5, 0.6) is 0 Å². The van der Waals surface area contributed by atoms with E-state index in [-0.39, 0.29) is 6.03 Å². The lowest BCUT2D eigenvalue weighted by molar-refractivity contribution is 0.222. The molecule has 1 saturated carbocycles. The highest BCUT2D eigenvalue weighted by molar-refractivity contribution is 7.13. The number of carbonyl (C=O) groups is 1. The van der Waals surface area contributed by atoms with Gasteiger partial charge in [0.2, 0.25) is 0 Å². The number of thiazole rings is 1. The minimum atomic E-state index is 0.00852. The Hall–Kier alpha value is -1.10. The quantitative estimate of drug-likeness (QED) is 0.859. The van der Waals surface area contributed by atoms with Gasteiger partial charge in [-0.2, -0.15) is 0 Å². The van der Waals surface area contributed by atoms with Gasteiger partial charge in [-0.3, -0.25) is 5.32 Å². The van der Waals surface area contributed by atoms with E-state index in [1.165, 1.54) is 24.2 Å². The number of amides is 2. The van der Waals surface area contributed by atoms with Gasteiger partial charge in [0.15, 0.2) is 5.13 Å². The van der Waals surface area contributed by atoms with Gasteiger partial charge in [0.1, 0.15) is 0 Å². The summed E-state index contributed by atoms with van der Waals surface area (Å²) in [5.41, 5.74) is 1.15. The maximum absolute atomic E-state index is 11.8. The van der Waals surface area contributed by atoms with Gasteiger partial charge in [0.25, 0.3) is 0 Å². The van der Waals surface area contributed by atoms with E-state index in [1.54, 1.807) is 0 Å². The van der Waals surface area contributed by atoms with Gasteiger partial charge in [-0.15, -0.1) is 11.3 Å². The smallest absolute Gasteiger partial charge is 0.323 e. The molecule has 3 rings (SSSR count). The molecule has 0 atom stereocenters. The molecule has 1 aliphatic carbocycles. The zero-order chi connectivity index (χ0) is 11.0. The highest BCUT2D eigenvalue weighted by Crippen LogP contribution is 2.40. The topological polar surface area (TPSA) is 45.2 Å². The van der Waals surface area contributed by atoms with Crippen LogP contribution in [-0.2, 0) is 0 Å². The first-order valence-corrected chi connectivity index (χ1v) is 6.72. The second kappa shape index (κ2) is 4.05. The molecule has 0 aromatic carbocycles. The lowest BCUT2D eigenvalue weighted by Crippen LogP contribution is -2.32. The van der Waals surface area contributed by atoms with Crippen molar-refractivity contribution in [3.63, 3.8) is 0 Å². The second-order valence-electron chi connectivity index (χ2n) is 4.48. The van der Waals surface area contributed by atoms with Crippen molar-refractivity contribution in [1.29, 1.82) is 0 Å². The number of hydrogen-bond acceptors (Lipinski definition) is 3. The van der Waals surface area contributed by atoms with Crippen LogP contribution in [0.3, 0.4) is 0 Å². The highest BCUT2D eigenvalue weighted by Gasteiger charge is 2.26. The molecule has 2 fully saturated rings. The average molecular weight is 237 g/mol. The summed E-state index contributed by atoms with van der Waals surface area (Å²) < 4.78 is 0. The lowest BCUT2D eigenvalue weighted by Gasteiger charge is -2.14. The van der Waals surface area contributed by atoms with Crippen LogP contribution in [-0.4, -0.2) is 29.0 Å².